The molecule has 0 spiro atoms. The number of rotatable bonds is 3. The van der Waals surface area contributed by atoms with E-state index in [0.717, 1.165) is 11.1 Å². The van der Waals surface area contributed by atoms with Crippen LogP contribution in [0.1, 0.15) is 21.5 Å². The zero-order valence-corrected chi connectivity index (χ0v) is 12.1. The molecule has 4 N–H and O–H groups in total. The largest absolute Gasteiger partial charge is 0.323 e. The number of amides is 1. The molecule has 0 aliphatic rings. The summed E-state index contributed by atoms with van der Waals surface area (Å²) in [5.41, 5.74) is 6.18. The van der Waals surface area contributed by atoms with E-state index in [9.17, 15) is 4.79 Å². The highest BCUT2D eigenvalue weighted by molar-refractivity contribution is 6.31. The number of benzene rings is 2. The second kappa shape index (κ2) is 5.94. The normalized spacial score (nSPS) is 10.2. The third-order valence-electron chi connectivity index (χ3n) is 3.00. The number of hydrogen-bond donors (Lipinski definition) is 3. The third-order valence-corrected chi connectivity index (χ3v) is 3.41. The van der Waals surface area contributed by atoms with Gasteiger partial charge >= 0.3 is 0 Å². The number of nitrogens with two attached hydrogens (primary N) is 1. The Morgan fingerprint density at radius 3 is 2.55 bits per heavy atom. The fourth-order valence-electron chi connectivity index (χ4n) is 1.84. The molecule has 0 atom stereocenters. The number of nitrogen functional groups attached to an aromatic ring is 1. The summed E-state index contributed by atoms with van der Waals surface area (Å²) in [5, 5.41) is 3.42. The van der Waals surface area contributed by atoms with E-state index in [1.165, 1.54) is 0 Å². The van der Waals surface area contributed by atoms with Crippen LogP contribution in [0.25, 0.3) is 0 Å². The lowest BCUT2D eigenvalue weighted by molar-refractivity contribution is 0.102. The van der Waals surface area contributed by atoms with Crippen LogP contribution >= 0.6 is 11.6 Å². The summed E-state index contributed by atoms with van der Waals surface area (Å²) in [7, 11) is 0. The van der Waals surface area contributed by atoms with E-state index in [1.807, 2.05) is 32.0 Å². The Hall–Kier alpha value is -2.04. The van der Waals surface area contributed by atoms with Crippen molar-refractivity contribution in [2.45, 2.75) is 13.8 Å². The summed E-state index contributed by atoms with van der Waals surface area (Å²) >= 11 is 6.04. The van der Waals surface area contributed by atoms with Crippen LogP contribution < -0.4 is 16.6 Å². The maximum Gasteiger partial charge on any atom is 0.257 e. The first-order valence-electron chi connectivity index (χ1n) is 6.16. The van der Waals surface area contributed by atoms with Crippen molar-refractivity contribution in [3.63, 3.8) is 0 Å². The molecule has 104 valence electrons. The molecule has 2 aromatic carbocycles. The average Bonchev–Trinajstić information content (AvgIpc) is 2.43. The zero-order valence-electron chi connectivity index (χ0n) is 11.3. The maximum absolute atomic E-state index is 12.3. The van der Waals surface area contributed by atoms with E-state index in [2.05, 4.69) is 10.7 Å². The van der Waals surface area contributed by atoms with Crippen LogP contribution in [0.5, 0.6) is 0 Å². The summed E-state index contributed by atoms with van der Waals surface area (Å²) in [5.74, 6) is 5.19. The standard InChI is InChI=1S/C15H16ClN3O/c1-9-3-6-14(19-17)12(7-9)15(20)18-11-5-4-10(2)13(16)8-11/h3-8,19H,17H2,1-2H3,(H,18,20). The number of carbonyl (C=O) groups excluding carboxylic acids is 1. The van der Waals surface area contributed by atoms with Crippen LogP contribution in [0.2, 0.25) is 5.02 Å². The van der Waals surface area contributed by atoms with E-state index in [-0.39, 0.29) is 5.91 Å². The van der Waals surface area contributed by atoms with Gasteiger partial charge in [0.25, 0.3) is 5.91 Å². The zero-order chi connectivity index (χ0) is 14.7. The van der Waals surface area contributed by atoms with E-state index in [1.54, 1.807) is 18.2 Å². The van der Waals surface area contributed by atoms with Gasteiger partial charge in [0.1, 0.15) is 0 Å². The number of nitrogens with one attached hydrogen (secondary N) is 2. The molecule has 0 heterocycles. The fraction of sp³-hybridized carbons (Fsp3) is 0.133. The lowest BCUT2D eigenvalue weighted by atomic mass is 10.1. The predicted octanol–water partition coefficient (Wildman–Crippen LogP) is 3.49. The molecule has 1 amide bonds. The summed E-state index contributed by atoms with van der Waals surface area (Å²) in [6.07, 6.45) is 0. The number of hydrazine groups is 1. The van der Waals surface area contributed by atoms with Crippen LogP contribution in [0.3, 0.4) is 0 Å². The second-order valence-electron chi connectivity index (χ2n) is 4.61. The summed E-state index contributed by atoms with van der Waals surface area (Å²) < 4.78 is 0. The van der Waals surface area contributed by atoms with Crippen molar-refractivity contribution >= 4 is 28.9 Å². The van der Waals surface area contributed by atoms with Crippen molar-refractivity contribution < 1.29 is 4.79 Å². The molecule has 5 heteroatoms. The summed E-state index contributed by atoms with van der Waals surface area (Å²) in [4.78, 5) is 12.3. The van der Waals surface area contributed by atoms with Crippen LogP contribution in [0, 0.1) is 13.8 Å². The molecule has 0 saturated heterocycles. The molecule has 0 fully saturated rings. The Balaban J connectivity index is 2.27. The van der Waals surface area contributed by atoms with Gasteiger partial charge in [0, 0.05) is 10.7 Å². The summed E-state index contributed by atoms with van der Waals surface area (Å²) in [6, 6.07) is 10.8. The van der Waals surface area contributed by atoms with Crippen molar-refractivity contribution in [1.29, 1.82) is 0 Å². The predicted molar refractivity (Wildman–Crippen MR) is 83.1 cm³/mol. The van der Waals surface area contributed by atoms with Gasteiger partial charge in [-0.05, 0) is 43.7 Å². The first-order chi connectivity index (χ1) is 9.51. The first kappa shape index (κ1) is 14.4. The van der Waals surface area contributed by atoms with Crippen LogP contribution in [-0.4, -0.2) is 5.91 Å². The Morgan fingerprint density at radius 2 is 1.90 bits per heavy atom. The van der Waals surface area contributed by atoms with Gasteiger partial charge in [-0.15, -0.1) is 0 Å². The second-order valence-corrected chi connectivity index (χ2v) is 5.02. The molecule has 2 aromatic rings. The van der Waals surface area contributed by atoms with Gasteiger partial charge in [0.15, 0.2) is 0 Å². The minimum absolute atomic E-state index is 0.235. The van der Waals surface area contributed by atoms with E-state index >= 15 is 0 Å². The number of halogens is 1. The highest BCUT2D eigenvalue weighted by atomic mass is 35.5. The molecule has 0 saturated carbocycles. The van der Waals surface area contributed by atoms with Crippen molar-refractivity contribution in [1.82, 2.24) is 0 Å². The highest BCUT2D eigenvalue weighted by Gasteiger charge is 2.12. The molecule has 0 radical (unpaired) electrons. The van der Waals surface area contributed by atoms with Crippen molar-refractivity contribution in [3.8, 4) is 0 Å². The van der Waals surface area contributed by atoms with Gasteiger partial charge in [-0.2, -0.15) is 0 Å². The van der Waals surface area contributed by atoms with Crippen molar-refractivity contribution in [2.75, 3.05) is 10.7 Å². The quantitative estimate of drug-likeness (QED) is 0.598. The highest BCUT2D eigenvalue weighted by Crippen LogP contribution is 2.22. The topological polar surface area (TPSA) is 67.1 Å². The number of anilines is 2. The van der Waals surface area contributed by atoms with Crippen molar-refractivity contribution in [2.24, 2.45) is 5.84 Å². The minimum atomic E-state index is -0.235. The Morgan fingerprint density at radius 1 is 1.15 bits per heavy atom. The molecule has 0 unspecified atom stereocenters. The van der Waals surface area contributed by atoms with E-state index in [0.29, 0.717) is 22.0 Å². The smallest absolute Gasteiger partial charge is 0.257 e. The lowest BCUT2D eigenvalue weighted by Gasteiger charge is -2.11. The molecule has 20 heavy (non-hydrogen) atoms. The van der Waals surface area contributed by atoms with Crippen LogP contribution in [0.15, 0.2) is 36.4 Å². The Kier molecular flexibility index (Phi) is 4.27. The average molecular weight is 290 g/mol. The molecular weight excluding hydrogens is 274 g/mol. The van der Waals surface area contributed by atoms with Gasteiger partial charge in [0.2, 0.25) is 0 Å². The molecule has 0 bridgehead atoms. The van der Waals surface area contributed by atoms with Crippen LogP contribution in [-0.2, 0) is 0 Å². The molecule has 4 nitrogen and oxygen atoms in total. The Bertz CT molecular complexity index is 656. The molecule has 0 aliphatic carbocycles. The van der Waals surface area contributed by atoms with Gasteiger partial charge in [-0.25, -0.2) is 0 Å². The monoisotopic (exact) mass is 289 g/mol. The third kappa shape index (κ3) is 3.10. The van der Waals surface area contributed by atoms with Gasteiger partial charge in [-0.3, -0.25) is 10.6 Å². The van der Waals surface area contributed by atoms with Crippen LogP contribution in [0.4, 0.5) is 11.4 Å². The summed E-state index contributed by atoms with van der Waals surface area (Å²) in [6.45, 7) is 3.82. The fourth-order valence-corrected chi connectivity index (χ4v) is 2.02. The van der Waals surface area contributed by atoms with Crippen molar-refractivity contribution in [3.05, 3.63) is 58.1 Å². The maximum atomic E-state index is 12.3. The molecule has 0 aromatic heterocycles. The minimum Gasteiger partial charge on any atom is -0.323 e. The number of aryl methyl sites for hydroxylation is 2. The van der Waals surface area contributed by atoms with E-state index in [4.69, 9.17) is 17.4 Å². The van der Waals surface area contributed by atoms with Gasteiger partial charge in [0.05, 0.1) is 11.3 Å². The SMILES string of the molecule is Cc1ccc(NN)c(C(=O)Nc2ccc(C)c(Cl)c2)c1. The number of hydrogen-bond acceptors (Lipinski definition) is 3. The number of carbonyl (C=O) groups is 1. The molecule has 2 rings (SSSR count). The molecular formula is C15H16ClN3O. The Labute approximate surface area is 122 Å². The van der Waals surface area contributed by atoms with Gasteiger partial charge < -0.3 is 10.7 Å². The van der Waals surface area contributed by atoms with Gasteiger partial charge in [-0.1, -0.05) is 29.3 Å². The molecule has 0 aliphatic heterocycles. The van der Waals surface area contributed by atoms with E-state index < -0.39 is 0 Å². The first-order valence-corrected chi connectivity index (χ1v) is 6.54. The lowest BCUT2D eigenvalue weighted by Crippen LogP contribution is -2.17.